The number of piperazine rings is 1. The summed E-state index contributed by atoms with van der Waals surface area (Å²) in [6.45, 7) is 11.9. The van der Waals surface area contributed by atoms with Gasteiger partial charge >= 0.3 is 0 Å². The monoisotopic (exact) mass is 448 g/mol. The molecule has 1 fully saturated rings. The number of likely N-dealkylation sites (N-methyl/N-ethyl adjacent to an activating group) is 1. The Morgan fingerprint density at radius 1 is 1.00 bits per heavy atom. The molecule has 7 nitrogen and oxygen atoms in total. The van der Waals surface area contributed by atoms with Gasteiger partial charge in [-0.25, -0.2) is 5.01 Å². The third kappa shape index (κ3) is 4.48. The summed E-state index contributed by atoms with van der Waals surface area (Å²) >= 11 is 0. The Kier molecular flexibility index (Phi) is 6.08. The van der Waals surface area contributed by atoms with Crippen LogP contribution in [0.1, 0.15) is 41.6 Å². The Morgan fingerprint density at radius 3 is 2.55 bits per heavy atom. The Hall–Kier alpha value is -2.90. The van der Waals surface area contributed by atoms with E-state index in [-0.39, 0.29) is 18.7 Å². The normalized spacial score (nSPS) is 20.9. The van der Waals surface area contributed by atoms with E-state index in [4.69, 9.17) is 14.6 Å². The molecule has 1 saturated heterocycles. The van der Waals surface area contributed by atoms with Crippen molar-refractivity contribution in [1.82, 2.24) is 14.8 Å². The van der Waals surface area contributed by atoms with Gasteiger partial charge in [0.15, 0.2) is 11.5 Å². The first-order chi connectivity index (χ1) is 16.0. The Bertz CT molecular complexity index is 1080. The second-order valence-electron chi connectivity index (χ2n) is 9.15. The molecule has 2 aromatic rings. The largest absolute Gasteiger partial charge is 0.454 e. The van der Waals surface area contributed by atoms with Crippen molar-refractivity contribution in [2.75, 3.05) is 46.1 Å². The molecule has 0 radical (unpaired) electrons. The Labute approximate surface area is 195 Å². The van der Waals surface area contributed by atoms with Crippen LogP contribution in [0.5, 0.6) is 11.5 Å². The number of aryl methyl sites for hydroxylation is 2. The molecule has 0 unspecified atom stereocenters. The second-order valence-corrected chi connectivity index (χ2v) is 9.15. The van der Waals surface area contributed by atoms with E-state index in [9.17, 15) is 4.79 Å². The molecule has 5 rings (SSSR count). The lowest BCUT2D eigenvalue weighted by Crippen LogP contribution is -2.49. The number of hydrazone groups is 1. The van der Waals surface area contributed by atoms with E-state index >= 15 is 0 Å². The predicted octanol–water partition coefficient (Wildman–Crippen LogP) is 3.35. The summed E-state index contributed by atoms with van der Waals surface area (Å²) in [5, 5.41) is 6.61. The number of carbonyl (C=O) groups excluding carboxylic acids is 1. The summed E-state index contributed by atoms with van der Waals surface area (Å²) in [5.41, 5.74) is 5.47. The minimum atomic E-state index is -0.154. The van der Waals surface area contributed by atoms with E-state index < -0.39 is 0 Å². The molecule has 0 N–H and O–H groups in total. The molecule has 2 aromatic carbocycles. The molecule has 0 aliphatic carbocycles. The molecule has 7 heteroatoms. The van der Waals surface area contributed by atoms with Crippen molar-refractivity contribution < 1.29 is 14.3 Å². The van der Waals surface area contributed by atoms with Crippen LogP contribution in [0.4, 0.5) is 0 Å². The van der Waals surface area contributed by atoms with Crippen molar-refractivity contribution >= 4 is 11.6 Å². The van der Waals surface area contributed by atoms with Gasteiger partial charge in [-0.05, 0) is 49.7 Å². The van der Waals surface area contributed by atoms with Crippen LogP contribution in [0.2, 0.25) is 0 Å². The lowest BCUT2D eigenvalue weighted by molar-refractivity contribution is -0.134. The molecule has 3 heterocycles. The lowest BCUT2D eigenvalue weighted by Gasteiger charge is -2.34. The van der Waals surface area contributed by atoms with Gasteiger partial charge in [-0.2, -0.15) is 5.10 Å². The molecular weight excluding hydrogens is 416 g/mol. The number of carbonyl (C=O) groups is 1. The smallest absolute Gasteiger partial charge is 0.257 e. The first kappa shape index (κ1) is 21.9. The van der Waals surface area contributed by atoms with Gasteiger partial charge < -0.3 is 14.4 Å². The molecule has 3 aliphatic rings. The van der Waals surface area contributed by atoms with E-state index in [2.05, 4.69) is 48.8 Å². The maximum absolute atomic E-state index is 13.5. The van der Waals surface area contributed by atoms with Crippen molar-refractivity contribution in [2.24, 2.45) is 5.10 Å². The SMILES string of the molecule is CCN1CCN(CC(=O)N2N=C(c3cc(C)ccc3C)C[C@H]2c2ccc3c(c2)OCO3)CC1. The van der Waals surface area contributed by atoms with Gasteiger partial charge in [-0.3, -0.25) is 9.69 Å². The fourth-order valence-electron chi connectivity index (χ4n) is 4.86. The molecule has 174 valence electrons. The van der Waals surface area contributed by atoms with Crippen LogP contribution in [0.25, 0.3) is 0 Å². The van der Waals surface area contributed by atoms with Crippen LogP contribution in [0.15, 0.2) is 41.5 Å². The number of benzene rings is 2. The van der Waals surface area contributed by atoms with Gasteiger partial charge in [0.2, 0.25) is 6.79 Å². The van der Waals surface area contributed by atoms with Crippen LogP contribution in [0.3, 0.4) is 0 Å². The number of fused-ring (bicyclic) bond motifs is 1. The zero-order valence-corrected chi connectivity index (χ0v) is 19.7. The van der Waals surface area contributed by atoms with Crippen LogP contribution in [-0.2, 0) is 4.79 Å². The molecule has 0 spiro atoms. The summed E-state index contributed by atoms with van der Waals surface area (Å²) in [7, 11) is 0. The topological polar surface area (TPSA) is 57.6 Å². The first-order valence-electron chi connectivity index (χ1n) is 11.8. The summed E-state index contributed by atoms with van der Waals surface area (Å²) in [6.07, 6.45) is 0.680. The highest BCUT2D eigenvalue weighted by Gasteiger charge is 2.35. The average molecular weight is 449 g/mol. The van der Waals surface area contributed by atoms with Crippen LogP contribution >= 0.6 is 0 Å². The molecule has 3 aliphatic heterocycles. The van der Waals surface area contributed by atoms with Gasteiger partial charge in [-0.1, -0.05) is 30.7 Å². The molecule has 0 bridgehead atoms. The third-order valence-electron chi connectivity index (χ3n) is 6.92. The highest BCUT2D eigenvalue weighted by Crippen LogP contribution is 2.39. The lowest BCUT2D eigenvalue weighted by atomic mass is 9.95. The van der Waals surface area contributed by atoms with Crippen molar-refractivity contribution in [3.05, 3.63) is 58.7 Å². The van der Waals surface area contributed by atoms with Crippen molar-refractivity contribution in [3.8, 4) is 11.5 Å². The van der Waals surface area contributed by atoms with E-state index in [0.29, 0.717) is 13.0 Å². The molecule has 1 atom stereocenters. The van der Waals surface area contributed by atoms with Crippen molar-refractivity contribution in [2.45, 2.75) is 33.2 Å². The highest BCUT2D eigenvalue weighted by molar-refractivity contribution is 6.04. The van der Waals surface area contributed by atoms with Crippen molar-refractivity contribution in [3.63, 3.8) is 0 Å². The minimum Gasteiger partial charge on any atom is -0.454 e. The van der Waals surface area contributed by atoms with Gasteiger partial charge in [0, 0.05) is 38.2 Å². The fraction of sp³-hybridized carbons (Fsp3) is 0.462. The fourth-order valence-corrected chi connectivity index (χ4v) is 4.86. The highest BCUT2D eigenvalue weighted by atomic mass is 16.7. The van der Waals surface area contributed by atoms with Gasteiger partial charge in [0.25, 0.3) is 5.91 Å². The number of rotatable bonds is 5. The molecule has 0 saturated carbocycles. The number of amides is 1. The summed E-state index contributed by atoms with van der Waals surface area (Å²) < 4.78 is 11.1. The predicted molar refractivity (Wildman–Crippen MR) is 128 cm³/mol. The number of hydrogen-bond donors (Lipinski definition) is 0. The van der Waals surface area contributed by atoms with Gasteiger partial charge in [0.05, 0.1) is 18.3 Å². The average Bonchev–Trinajstić information content (AvgIpc) is 3.48. The van der Waals surface area contributed by atoms with Crippen LogP contribution < -0.4 is 9.47 Å². The number of hydrogen-bond acceptors (Lipinski definition) is 6. The zero-order chi connectivity index (χ0) is 22.9. The molecule has 33 heavy (non-hydrogen) atoms. The van der Waals surface area contributed by atoms with E-state index in [1.807, 2.05) is 18.2 Å². The summed E-state index contributed by atoms with van der Waals surface area (Å²) in [4.78, 5) is 18.2. The summed E-state index contributed by atoms with van der Waals surface area (Å²) in [5.74, 6) is 1.53. The summed E-state index contributed by atoms with van der Waals surface area (Å²) in [6, 6.07) is 12.2. The quantitative estimate of drug-likeness (QED) is 0.702. The maximum Gasteiger partial charge on any atom is 0.257 e. The standard InChI is InChI=1S/C26H32N4O3/c1-4-28-9-11-29(12-10-28)16-26(31)30-23(20-7-8-24-25(14-20)33-17-32-24)15-22(27-30)21-13-18(2)5-6-19(21)3/h5-8,13-14,23H,4,9-12,15-17H2,1-3H3/t23-/m0/s1. The molecule has 1 amide bonds. The minimum absolute atomic E-state index is 0.0444. The van der Waals surface area contributed by atoms with E-state index in [1.54, 1.807) is 5.01 Å². The Morgan fingerprint density at radius 2 is 1.76 bits per heavy atom. The molecular formula is C26H32N4O3. The van der Waals surface area contributed by atoms with Crippen LogP contribution in [0, 0.1) is 13.8 Å². The first-order valence-corrected chi connectivity index (χ1v) is 11.8. The van der Waals surface area contributed by atoms with E-state index in [1.165, 1.54) is 11.1 Å². The number of nitrogens with zero attached hydrogens (tertiary/aromatic N) is 4. The van der Waals surface area contributed by atoms with Crippen molar-refractivity contribution in [1.29, 1.82) is 0 Å². The van der Waals surface area contributed by atoms with E-state index in [0.717, 1.165) is 61.1 Å². The Balaban J connectivity index is 1.42. The second kappa shape index (κ2) is 9.15. The zero-order valence-electron chi connectivity index (χ0n) is 19.7. The number of ether oxygens (including phenoxy) is 2. The maximum atomic E-state index is 13.5. The van der Waals surface area contributed by atoms with Crippen LogP contribution in [-0.4, -0.2) is 72.5 Å². The van der Waals surface area contributed by atoms with Gasteiger partial charge in [0.1, 0.15) is 0 Å². The van der Waals surface area contributed by atoms with Gasteiger partial charge in [-0.15, -0.1) is 0 Å². The third-order valence-corrected chi connectivity index (χ3v) is 6.92. The molecule has 0 aromatic heterocycles.